The molecule has 0 saturated carbocycles. The van der Waals surface area contributed by atoms with Gasteiger partial charge in [0.2, 0.25) is 0 Å². The van der Waals surface area contributed by atoms with Crippen molar-refractivity contribution in [2.24, 2.45) is 0 Å². The molecule has 23 heavy (non-hydrogen) atoms. The third-order valence-corrected chi connectivity index (χ3v) is 3.54. The van der Waals surface area contributed by atoms with Crippen molar-refractivity contribution in [2.75, 3.05) is 21.6 Å². The van der Waals surface area contributed by atoms with Gasteiger partial charge < -0.3 is 10.6 Å². The lowest BCUT2D eigenvalue weighted by Gasteiger charge is -2.11. The van der Waals surface area contributed by atoms with Crippen molar-refractivity contribution >= 4 is 39.9 Å². The molecule has 2 N–H and O–H groups in total. The van der Waals surface area contributed by atoms with Crippen LogP contribution in [0.3, 0.4) is 0 Å². The maximum Gasteiger partial charge on any atom is 0.416 e. The van der Waals surface area contributed by atoms with E-state index in [0.29, 0.717) is 5.56 Å². The maximum atomic E-state index is 12.7. The zero-order valence-electron chi connectivity index (χ0n) is 12.0. The fourth-order valence-corrected chi connectivity index (χ4v) is 2.21. The van der Waals surface area contributed by atoms with E-state index in [-0.39, 0.29) is 5.69 Å². The minimum Gasteiger partial charge on any atom is -0.384 e. The van der Waals surface area contributed by atoms with E-state index in [1.165, 1.54) is 12.1 Å². The van der Waals surface area contributed by atoms with Gasteiger partial charge in [-0.2, -0.15) is 13.2 Å². The molecule has 7 heteroatoms. The molecule has 0 unspecified atom stereocenters. The standard InChI is InChI=1S/C16H14F3IN2O/c17-16(18,19)12-4-2-6-14(10-12)22-15(23)11-3-1-5-13(9-11)21-8-7-20/h1-6,9-10,21H,7-8H2,(H,22,23). The van der Waals surface area contributed by atoms with Crippen LogP contribution in [0.4, 0.5) is 24.5 Å². The molecular formula is C16H14F3IN2O. The second-order valence-electron chi connectivity index (χ2n) is 4.73. The highest BCUT2D eigenvalue weighted by Crippen LogP contribution is 2.30. The average Bonchev–Trinajstić information content (AvgIpc) is 2.52. The molecule has 122 valence electrons. The molecule has 3 nitrogen and oxygen atoms in total. The zero-order chi connectivity index (χ0) is 16.9. The summed E-state index contributed by atoms with van der Waals surface area (Å²) >= 11 is 2.23. The minimum atomic E-state index is -4.44. The zero-order valence-corrected chi connectivity index (χ0v) is 14.1. The van der Waals surface area contributed by atoms with Gasteiger partial charge in [-0.05, 0) is 36.4 Å². The number of rotatable bonds is 5. The van der Waals surface area contributed by atoms with Crippen molar-refractivity contribution in [1.29, 1.82) is 0 Å². The summed E-state index contributed by atoms with van der Waals surface area (Å²) in [4.78, 5) is 12.2. The molecule has 0 heterocycles. The number of benzene rings is 2. The van der Waals surface area contributed by atoms with E-state index in [2.05, 4.69) is 33.2 Å². The SMILES string of the molecule is O=C(Nc1cccc(C(F)(F)F)c1)c1cccc(NCCI)c1. The number of amides is 1. The number of alkyl halides is 4. The summed E-state index contributed by atoms with van der Waals surface area (Å²) in [5.74, 6) is -0.456. The molecule has 2 aromatic carbocycles. The normalized spacial score (nSPS) is 11.1. The van der Waals surface area contributed by atoms with Crippen molar-refractivity contribution in [3.05, 3.63) is 59.7 Å². The summed E-state index contributed by atoms with van der Waals surface area (Å²) in [6, 6.07) is 11.4. The Hall–Kier alpha value is -1.77. The highest BCUT2D eigenvalue weighted by atomic mass is 127. The Morgan fingerprint density at radius 3 is 2.43 bits per heavy atom. The second kappa shape index (κ2) is 7.67. The summed E-state index contributed by atoms with van der Waals surface area (Å²) in [7, 11) is 0. The van der Waals surface area contributed by atoms with Crippen LogP contribution < -0.4 is 10.6 Å². The van der Waals surface area contributed by atoms with Crippen LogP contribution >= 0.6 is 22.6 Å². The van der Waals surface area contributed by atoms with Gasteiger partial charge in [-0.15, -0.1) is 0 Å². The molecule has 0 atom stereocenters. The van der Waals surface area contributed by atoms with Gasteiger partial charge in [0.1, 0.15) is 0 Å². The van der Waals surface area contributed by atoms with Crippen LogP contribution in [0.2, 0.25) is 0 Å². The second-order valence-corrected chi connectivity index (χ2v) is 5.81. The lowest BCUT2D eigenvalue weighted by atomic mass is 10.1. The molecule has 0 aliphatic heterocycles. The van der Waals surface area contributed by atoms with Crippen molar-refractivity contribution in [3.63, 3.8) is 0 Å². The first-order chi connectivity index (χ1) is 10.9. The van der Waals surface area contributed by atoms with Gasteiger partial charge in [0.05, 0.1) is 5.56 Å². The Morgan fingerprint density at radius 2 is 1.74 bits per heavy atom. The largest absolute Gasteiger partial charge is 0.416 e. The molecule has 0 fully saturated rings. The molecule has 0 radical (unpaired) electrons. The van der Waals surface area contributed by atoms with Crippen LogP contribution in [0, 0.1) is 0 Å². The topological polar surface area (TPSA) is 41.1 Å². The van der Waals surface area contributed by atoms with Gasteiger partial charge in [-0.1, -0.05) is 34.7 Å². The van der Waals surface area contributed by atoms with Crippen LogP contribution in [-0.2, 0) is 6.18 Å². The molecule has 1 amide bonds. The lowest BCUT2D eigenvalue weighted by Crippen LogP contribution is -2.13. The number of halogens is 4. The number of carbonyl (C=O) groups excluding carboxylic acids is 1. The molecule has 0 saturated heterocycles. The Labute approximate surface area is 145 Å². The van der Waals surface area contributed by atoms with E-state index in [9.17, 15) is 18.0 Å². The summed E-state index contributed by atoms with van der Waals surface area (Å²) in [6.45, 7) is 0.763. The van der Waals surface area contributed by atoms with Crippen molar-refractivity contribution < 1.29 is 18.0 Å². The number of hydrogen-bond acceptors (Lipinski definition) is 2. The Morgan fingerprint density at radius 1 is 1.04 bits per heavy atom. The summed E-state index contributed by atoms with van der Waals surface area (Å²) < 4.78 is 38.9. The molecule has 2 rings (SSSR count). The molecular weight excluding hydrogens is 420 g/mol. The molecule has 2 aromatic rings. The summed E-state index contributed by atoms with van der Waals surface area (Å²) in [5.41, 5.74) is 0.474. The van der Waals surface area contributed by atoms with Gasteiger partial charge in [0.15, 0.2) is 0 Å². The first-order valence-corrected chi connectivity index (χ1v) is 8.31. The Bertz CT molecular complexity index is 689. The van der Waals surface area contributed by atoms with Gasteiger partial charge in [-0.25, -0.2) is 0 Å². The van der Waals surface area contributed by atoms with E-state index in [1.54, 1.807) is 18.2 Å². The van der Waals surface area contributed by atoms with Gasteiger partial charge in [0, 0.05) is 27.9 Å². The fourth-order valence-electron chi connectivity index (χ4n) is 1.94. The van der Waals surface area contributed by atoms with Crippen LogP contribution in [0.15, 0.2) is 48.5 Å². The third kappa shape index (κ3) is 5.12. The predicted molar refractivity (Wildman–Crippen MR) is 93.2 cm³/mol. The van der Waals surface area contributed by atoms with Gasteiger partial charge >= 0.3 is 6.18 Å². The highest BCUT2D eigenvalue weighted by molar-refractivity contribution is 14.1. The van der Waals surface area contributed by atoms with E-state index >= 15 is 0 Å². The smallest absolute Gasteiger partial charge is 0.384 e. The van der Waals surface area contributed by atoms with Crippen LogP contribution in [0.25, 0.3) is 0 Å². The minimum absolute atomic E-state index is 0.107. The summed E-state index contributed by atoms with van der Waals surface area (Å²) in [5, 5.41) is 5.63. The molecule has 0 bridgehead atoms. The number of anilines is 2. The number of nitrogens with one attached hydrogen (secondary N) is 2. The number of carbonyl (C=O) groups is 1. The third-order valence-electron chi connectivity index (χ3n) is 3.00. The van der Waals surface area contributed by atoms with Gasteiger partial charge in [0.25, 0.3) is 5.91 Å². The molecule has 0 spiro atoms. The Kier molecular flexibility index (Phi) is 5.86. The highest BCUT2D eigenvalue weighted by Gasteiger charge is 2.30. The van der Waals surface area contributed by atoms with Crippen molar-refractivity contribution in [1.82, 2.24) is 0 Å². The quantitative estimate of drug-likeness (QED) is 0.524. The predicted octanol–water partition coefficient (Wildman–Crippen LogP) is 4.80. The average molecular weight is 434 g/mol. The van der Waals surface area contributed by atoms with Crippen LogP contribution in [0.1, 0.15) is 15.9 Å². The van der Waals surface area contributed by atoms with E-state index in [0.717, 1.165) is 28.8 Å². The fraction of sp³-hybridized carbons (Fsp3) is 0.188. The van der Waals surface area contributed by atoms with E-state index in [1.807, 2.05) is 6.07 Å². The van der Waals surface area contributed by atoms with Gasteiger partial charge in [-0.3, -0.25) is 4.79 Å². The molecule has 0 aliphatic carbocycles. The molecule has 0 aliphatic rings. The molecule has 0 aromatic heterocycles. The first-order valence-electron chi connectivity index (χ1n) is 6.78. The lowest BCUT2D eigenvalue weighted by molar-refractivity contribution is -0.137. The maximum absolute atomic E-state index is 12.7. The van der Waals surface area contributed by atoms with E-state index in [4.69, 9.17) is 0 Å². The van der Waals surface area contributed by atoms with Crippen molar-refractivity contribution in [2.45, 2.75) is 6.18 Å². The first kappa shape index (κ1) is 17.6. The van der Waals surface area contributed by atoms with E-state index < -0.39 is 17.6 Å². The number of hydrogen-bond donors (Lipinski definition) is 2. The summed E-state index contributed by atoms with van der Waals surface area (Å²) in [6.07, 6.45) is -4.44. The Balaban J connectivity index is 2.13. The monoisotopic (exact) mass is 434 g/mol. The van der Waals surface area contributed by atoms with Crippen LogP contribution in [0.5, 0.6) is 0 Å². The van der Waals surface area contributed by atoms with Crippen molar-refractivity contribution in [3.8, 4) is 0 Å². The van der Waals surface area contributed by atoms with Crippen LogP contribution in [-0.4, -0.2) is 16.9 Å².